The summed E-state index contributed by atoms with van der Waals surface area (Å²) in [7, 11) is 1.21. The monoisotopic (exact) mass is 622 g/mol. The van der Waals surface area contributed by atoms with E-state index in [-0.39, 0.29) is 16.9 Å². The molecule has 3 aliphatic carbocycles. The number of hydrogen-bond acceptors (Lipinski definition) is 8. The average molecular weight is 623 g/mol. The van der Waals surface area contributed by atoms with Gasteiger partial charge in [0.15, 0.2) is 0 Å². The molecule has 11 heteroatoms. The molecule has 4 atom stereocenters. The number of benzene rings is 2. The third-order valence-electron chi connectivity index (χ3n) is 8.40. The van der Waals surface area contributed by atoms with Gasteiger partial charge in [-0.1, -0.05) is 46.3 Å². The minimum atomic E-state index is -1.51. The molecule has 2 aromatic rings. The number of nitrogens with zero attached hydrogens (tertiary/aromatic N) is 2. The molecule has 4 amide bonds. The molecule has 212 valence electrons. The fourth-order valence-corrected chi connectivity index (χ4v) is 8.19. The van der Waals surface area contributed by atoms with Gasteiger partial charge >= 0.3 is 5.97 Å². The van der Waals surface area contributed by atoms with Gasteiger partial charge in [0.25, 0.3) is 0 Å². The Kier molecular flexibility index (Phi) is 6.52. The van der Waals surface area contributed by atoms with Gasteiger partial charge in [0, 0.05) is 11.5 Å². The molecule has 2 aliphatic heterocycles. The van der Waals surface area contributed by atoms with Crippen molar-refractivity contribution in [3.8, 4) is 11.5 Å². The number of imide groups is 2. The number of carbonyl (C=O) groups is 5. The van der Waals surface area contributed by atoms with E-state index in [0.29, 0.717) is 24.7 Å². The highest BCUT2D eigenvalue weighted by Gasteiger charge is 2.76. The highest BCUT2D eigenvalue weighted by molar-refractivity contribution is 9.10. The Morgan fingerprint density at radius 3 is 1.61 bits per heavy atom. The zero-order valence-corrected chi connectivity index (χ0v) is 24.1. The van der Waals surface area contributed by atoms with Crippen LogP contribution in [0.1, 0.15) is 13.8 Å². The number of ether oxygens (including phenoxy) is 3. The van der Waals surface area contributed by atoms with E-state index in [2.05, 4.69) is 15.9 Å². The Hall–Kier alpha value is -3.99. The van der Waals surface area contributed by atoms with Gasteiger partial charge in [-0.2, -0.15) is 0 Å². The van der Waals surface area contributed by atoms with Crippen LogP contribution in [0.15, 0.2) is 60.2 Å². The Morgan fingerprint density at radius 1 is 0.756 bits per heavy atom. The number of esters is 1. The maximum absolute atomic E-state index is 14.2. The molecular weight excluding hydrogens is 596 g/mol. The summed E-state index contributed by atoms with van der Waals surface area (Å²) in [5.41, 5.74) is 0.627. The van der Waals surface area contributed by atoms with Crippen LogP contribution in [0.5, 0.6) is 11.5 Å². The molecule has 2 aromatic carbocycles. The van der Waals surface area contributed by atoms with Crippen LogP contribution in [0, 0.1) is 29.6 Å². The Balaban J connectivity index is 1.50. The fourth-order valence-electron chi connectivity index (χ4n) is 6.98. The number of halogens is 1. The van der Waals surface area contributed by atoms with Gasteiger partial charge in [0.2, 0.25) is 23.6 Å². The molecule has 3 fully saturated rings. The minimum absolute atomic E-state index is 0.0917. The lowest BCUT2D eigenvalue weighted by atomic mass is 9.52. The SMILES string of the molecule is CCOc1ccccc1N1C(=O)[C@@H]2C3C(C(=O)OC)=CC(Br)([C@@H]2C1=O)[C@@H]1C(=O)N(c2ccccc2OCC)C(=O)[C@H]31. The van der Waals surface area contributed by atoms with Crippen molar-refractivity contribution in [2.45, 2.75) is 18.2 Å². The first-order valence-corrected chi connectivity index (χ1v) is 14.2. The molecule has 2 bridgehead atoms. The average Bonchev–Trinajstić information content (AvgIpc) is 3.40. The van der Waals surface area contributed by atoms with E-state index >= 15 is 0 Å². The molecular formula is C30H27BrN2O8. The quantitative estimate of drug-likeness (QED) is 0.262. The van der Waals surface area contributed by atoms with Crippen molar-refractivity contribution < 1.29 is 38.2 Å². The van der Waals surface area contributed by atoms with Crippen LogP contribution in [0.2, 0.25) is 0 Å². The van der Waals surface area contributed by atoms with Crippen LogP contribution in [0.25, 0.3) is 0 Å². The van der Waals surface area contributed by atoms with Crippen molar-refractivity contribution in [1.29, 1.82) is 0 Å². The molecule has 0 unspecified atom stereocenters. The molecule has 0 radical (unpaired) electrons. The number of amides is 4. The van der Waals surface area contributed by atoms with Crippen LogP contribution >= 0.6 is 15.9 Å². The summed E-state index contributed by atoms with van der Waals surface area (Å²) < 4.78 is 14.9. The first-order chi connectivity index (χ1) is 19.7. The normalized spacial score (nSPS) is 29.9. The van der Waals surface area contributed by atoms with Gasteiger partial charge < -0.3 is 14.2 Å². The first kappa shape index (κ1) is 27.2. The largest absolute Gasteiger partial charge is 0.492 e. The van der Waals surface area contributed by atoms with Gasteiger partial charge in [0.1, 0.15) is 11.5 Å². The minimum Gasteiger partial charge on any atom is -0.492 e. The van der Waals surface area contributed by atoms with E-state index in [9.17, 15) is 24.0 Å². The second-order valence-corrected chi connectivity index (χ2v) is 11.7. The van der Waals surface area contributed by atoms with Gasteiger partial charge in [0.05, 0.1) is 59.7 Å². The predicted octanol–water partition coefficient (Wildman–Crippen LogP) is 3.27. The van der Waals surface area contributed by atoms with Crippen LogP contribution < -0.4 is 19.3 Å². The molecule has 0 spiro atoms. The summed E-state index contributed by atoms with van der Waals surface area (Å²) in [6.07, 6.45) is 1.51. The maximum atomic E-state index is 14.2. The van der Waals surface area contributed by atoms with Crippen molar-refractivity contribution in [1.82, 2.24) is 0 Å². The number of hydrogen-bond donors (Lipinski definition) is 0. The smallest absolute Gasteiger partial charge is 0.333 e. The summed E-state index contributed by atoms with van der Waals surface area (Å²) in [4.78, 5) is 71.9. The van der Waals surface area contributed by atoms with Crippen molar-refractivity contribution in [3.63, 3.8) is 0 Å². The van der Waals surface area contributed by atoms with Crippen LogP contribution in [0.3, 0.4) is 0 Å². The summed E-state index contributed by atoms with van der Waals surface area (Å²) >= 11 is 3.67. The van der Waals surface area contributed by atoms with E-state index < -0.39 is 63.5 Å². The van der Waals surface area contributed by atoms with Crippen molar-refractivity contribution >= 4 is 56.9 Å². The standard InChI is InChI=1S/C30H27BrN2O8/c1-4-40-18-12-8-6-10-16(18)32-25(34)21-20-15(29(38)39-3)14-30(31,23(21)27(32)36)24-22(20)26(35)33(28(24)37)17-11-7-9-13-19(17)41-5-2/h6-14,20-24H,4-5H2,1-3H3/t20?,21-,22-,23+,24+,30?/m1/s1. The Morgan fingerprint density at radius 2 is 1.20 bits per heavy atom. The van der Waals surface area contributed by atoms with Crippen LogP contribution in [-0.2, 0) is 28.7 Å². The number of allylic oxidation sites excluding steroid dienone is 1. The number of rotatable bonds is 7. The van der Waals surface area contributed by atoms with Gasteiger partial charge in [-0.05, 0) is 38.1 Å². The number of para-hydroxylation sites is 4. The maximum Gasteiger partial charge on any atom is 0.333 e. The summed E-state index contributed by atoms with van der Waals surface area (Å²) in [5.74, 6) is -7.59. The van der Waals surface area contributed by atoms with E-state index in [1.165, 1.54) is 13.2 Å². The third kappa shape index (κ3) is 3.64. The molecule has 5 aliphatic rings. The summed E-state index contributed by atoms with van der Waals surface area (Å²) in [6, 6.07) is 13.4. The zero-order chi connectivity index (χ0) is 29.2. The Bertz CT molecular complexity index is 1440. The molecule has 41 heavy (non-hydrogen) atoms. The molecule has 1 saturated carbocycles. The highest BCUT2D eigenvalue weighted by atomic mass is 79.9. The van der Waals surface area contributed by atoms with E-state index in [4.69, 9.17) is 14.2 Å². The lowest BCUT2D eigenvalue weighted by molar-refractivity contribution is -0.143. The Labute approximate surface area is 244 Å². The van der Waals surface area contributed by atoms with E-state index in [0.717, 1.165) is 9.80 Å². The second kappa shape index (κ2) is 9.83. The lowest BCUT2D eigenvalue weighted by Crippen LogP contribution is -2.61. The molecule has 0 aromatic heterocycles. The first-order valence-electron chi connectivity index (χ1n) is 13.4. The van der Waals surface area contributed by atoms with Crippen LogP contribution in [-0.4, -0.2) is 54.2 Å². The summed E-state index contributed by atoms with van der Waals surface area (Å²) in [6.45, 7) is 4.20. The van der Waals surface area contributed by atoms with Crippen LogP contribution in [0.4, 0.5) is 11.4 Å². The number of alkyl halides is 1. The van der Waals surface area contributed by atoms with E-state index in [1.807, 2.05) is 0 Å². The van der Waals surface area contributed by atoms with Crippen molar-refractivity contribution in [2.24, 2.45) is 29.6 Å². The highest BCUT2D eigenvalue weighted by Crippen LogP contribution is 2.66. The molecule has 0 N–H and O–H groups in total. The molecule has 2 saturated heterocycles. The third-order valence-corrected chi connectivity index (χ3v) is 9.61. The summed E-state index contributed by atoms with van der Waals surface area (Å²) in [5, 5.41) is 0. The van der Waals surface area contributed by atoms with Gasteiger partial charge in [-0.3, -0.25) is 19.2 Å². The fraction of sp³-hybridized carbons (Fsp3) is 0.367. The molecule has 2 heterocycles. The topological polar surface area (TPSA) is 120 Å². The molecule has 10 nitrogen and oxygen atoms in total. The second-order valence-electron chi connectivity index (χ2n) is 10.3. The predicted molar refractivity (Wildman–Crippen MR) is 149 cm³/mol. The number of carbonyl (C=O) groups excluding carboxylic acids is 5. The van der Waals surface area contributed by atoms with Crippen molar-refractivity contribution in [3.05, 3.63) is 60.2 Å². The number of anilines is 2. The lowest BCUT2D eigenvalue weighted by Gasteiger charge is -2.51. The van der Waals surface area contributed by atoms with E-state index in [1.54, 1.807) is 62.4 Å². The zero-order valence-electron chi connectivity index (χ0n) is 22.5. The molecule has 7 rings (SSSR count). The van der Waals surface area contributed by atoms with Crippen molar-refractivity contribution in [2.75, 3.05) is 30.1 Å². The van der Waals surface area contributed by atoms with Gasteiger partial charge in [-0.15, -0.1) is 0 Å². The van der Waals surface area contributed by atoms with Gasteiger partial charge in [-0.25, -0.2) is 14.6 Å². The number of methoxy groups -OCH3 is 1.